The summed E-state index contributed by atoms with van der Waals surface area (Å²) in [6.07, 6.45) is 7.06. The highest BCUT2D eigenvalue weighted by Gasteiger charge is 2.23. The van der Waals surface area contributed by atoms with Gasteiger partial charge in [-0.05, 0) is 31.0 Å². The smallest absolute Gasteiger partial charge is 0.224 e. The fraction of sp³-hybridized carbons (Fsp3) is 0.353. The van der Waals surface area contributed by atoms with E-state index in [1.165, 1.54) is 0 Å². The molecule has 2 atom stereocenters. The summed E-state index contributed by atoms with van der Waals surface area (Å²) in [6, 6.07) is 7.47. The molecule has 0 bridgehead atoms. The lowest BCUT2D eigenvalue weighted by Gasteiger charge is -2.28. The summed E-state index contributed by atoms with van der Waals surface area (Å²) in [7, 11) is 0. The summed E-state index contributed by atoms with van der Waals surface area (Å²) < 4.78 is 1.75. The molecule has 0 spiro atoms. The first-order valence-corrected chi connectivity index (χ1v) is 8.22. The second-order valence-corrected chi connectivity index (χ2v) is 6.22. The van der Waals surface area contributed by atoms with Crippen molar-refractivity contribution in [3.63, 3.8) is 0 Å². The highest BCUT2D eigenvalue weighted by molar-refractivity contribution is 5.83. The Labute approximate surface area is 139 Å². The van der Waals surface area contributed by atoms with Crippen molar-refractivity contribution < 1.29 is 5.11 Å². The number of rotatable bonds is 3. The number of hydrogen-bond donors (Lipinski definition) is 3. The van der Waals surface area contributed by atoms with Gasteiger partial charge in [-0.15, -0.1) is 0 Å². The van der Waals surface area contributed by atoms with E-state index in [1.54, 1.807) is 23.1 Å². The molecule has 124 valence electrons. The highest BCUT2D eigenvalue weighted by atomic mass is 16.3. The highest BCUT2D eigenvalue weighted by Crippen LogP contribution is 2.22. The molecule has 7 heteroatoms. The van der Waals surface area contributed by atoms with Crippen molar-refractivity contribution in [3.05, 3.63) is 36.7 Å². The first-order valence-electron chi connectivity index (χ1n) is 8.22. The van der Waals surface area contributed by atoms with Crippen molar-refractivity contribution >= 4 is 22.5 Å². The molecule has 1 aromatic carbocycles. The molecule has 2 aromatic heterocycles. The van der Waals surface area contributed by atoms with Gasteiger partial charge in [0.1, 0.15) is 0 Å². The summed E-state index contributed by atoms with van der Waals surface area (Å²) >= 11 is 0. The van der Waals surface area contributed by atoms with Crippen LogP contribution in [0.5, 0.6) is 0 Å². The average Bonchev–Trinajstić information content (AvgIpc) is 3.00. The van der Waals surface area contributed by atoms with Crippen molar-refractivity contribution in [1.82, 2.24) is 19.7 Å². The molecular weight excluding hydrogens is 304 g/mol. The average molecular weight is 324 g/mol. The van der Waals surface area contributed by atoms with Gasteiger partial charge in [0.2, 0.25) is 5.95 Å². The Morgan fingerprint density at radius 3 is 2.96 bits per heavy atom. The van der Waals surface area contributed by atoms with E-state index in [2.05, 4.69) is 20.4 Å². The third-order valence-electron chi connectivity index (χ3n) is 4.50. The predicted octanol–water partition coefficient (Wildman–Crippen LogP) is 2.11. The van der Waals surface area contributed by atoms with Gasteiger partial charge in [-0.3, -0.25) is 0 Å². The molecule has 0 unspecified atom stereocenters. The number of nitrogens with two attached hydrogens (primary N) is 1. The molecule has 1 aliphatic rings. The number of aliphatic hydroxyl groups excluding tert-OH is 1. The Morgan fingerprint density at radius 1 is 1.21 bits per heavy atom. The first-order chi connectivity index (χ1) is 11.7. The minimum Gasteiger partial charge on any atom is -0.399 e. The van der Waals surface area contributed by atoms with Crippen molar-refractivity contribution in [2.24, 2.45) is 0 Å². The summed E-state index contributed by atoms with van der Waals surface area (Å²) in [5, 5.41) is 18.8. The fourth-order valence-corrected chi connectivity index (χ4v) is 3.20. The largest absolute Gasteiger partial charge is 0.399 e. The van der Waals surface area contributed by atoms with Crippen LogP contribution < -0.4 is 11.1 Å². The summed E-state index contributed by atoms with van der Waals surface area (Å²) in [5.74, 6) is 1.17. The molecule has 4 rings (SSSR count). The van der Waals surface area contributed by atoms with Crippen LogP contribution in [0.15, 0.2) is 36.7 Å². The molecular formula is C17H20N6O. The molecule has 0 amide bonds. The van der Waals surface area contributed by atoms with Gasteiger partial charge in [0.15, 0.2) is 5.82 Å². The molecule has 7 nitrogen and oxygen atoms in total. The summed E-state index contributed by atoms with van der Waals surface area (Å²) in [5.41, 5.74) is 7.47. The molecule has 1 fully saturated rings. The monoisotopic (exact) mass is 324 g/mol. The van der Waals surface area contributed by atoms with Crippen LogP contribution in [0.4, 0.5) is 11.6 Å². The zero-order chi connectivity index (χ0) is 16.5. The zero-order valence-electron chi connectivity index (χ0n) is 13.3. The second-order valence-electron chi connectivity index (χ2n) is 6.22. The maximum Gasteiger partial charge on any atom is 0.224 e. The molecule has 0 saturated heterocycles. The number of fused-ring (bicyclic) bond motifs is 1. The lowest BCUT2D eigenvalue weighted by atomic mass is 9.93. The van der Waals surface area contributed by atoms with Gasteiger partial charge in [-0.25, -0.2) is 9.67 Å². The van der Waals surface area contributed by atoms with Gasteiger partial charge in [-0.1, -0.05) is 12.8 Å². The van der Waals surface area contributed by atoms with Gasteiger partial charge in [-0.2, -0.15) is 10.1 Å². The zero-order valence-corrected chi connectivity index (χ0v) is 13.3. The van der Waals surface area contributed by atoms with Crippen LogP contribution in [0.1, 0.15) is 25.7 Å². The number of nitrogen functional groups attached to an aromatic ring is 1. The van der Waals surface area contributed by atoms with Crippen LogP contribution in [0, 0.1) is 0 Å². The van der Waals surface area contributed by atoms with E-state index in [-0.39, 0.29) is 12.1 Å². The Hall–Kier alpha value is -2.67. The minimum atomic E-state index is -0.351. The van der Waals surface area contributed by atoms with Crippen LogP contribution in [0.3, 0.4) is 0 Å². The Bertz CT molecular complexity index is 861. The van der Waals surface area contributed by atoms with Gasteiger partial charge in [0, 0.05) is 23.3 Å². The predicted molar refractivity (Wildman–Crippen MR) is 93.0 cm³/mol. The Kier molecular flexibility index (Phi) is 3.78. The fourth-order valence-electron chi connectivity index (χ4n) is 3.20. The number of benzene rings is 1. The number of anilines is 2. The third-order valence-corrected chi connectivity index (χ3v) is 4.50. The molecule has 1 aliphatic carbocycles. The molecule has 0 aliphatic heterocycles. The molecule has 2 heterocycles. The Balaban J connectivity index is 1.65. The van der Waals surface area contributed by atoms with Gasteiger partial charge >= 0.3 is 0 Å². The number of aromatic nitrogens is 4. The topological polar surface area (TPSA) is 102 Å². The third kappa shape index (κ3) is 2.78. The van der Waals surface area contributed by atoms with E-state index >= 15 is 0 Å². The van der Waals surface area contributed by atoms with Gasteiger partial charge in [0.05, 0.1) is 23.9 Å². The number of nitrogens with zero attached hydrogens (tertiary/aromatic N) is 4. The van der Waals surface area contributed by atoms with Crippen LogP contribution >= 0.6 is 0 Å². The molecule has 3 aromatic rings. The standard InChI is InChI=1S/C17H20N6O/c18-12-6-5-11-10-20-23(14(11)9-12)16-7-8-19-17(22-16)21-13-3-1-2-4-15(13)24/h5-10,13,15,24H,1-4,18H2,(H,19,21,22)/t13-,15-/m1/s1. The maximum absolute atomic E-state index is 10.1. The first kappa shape index (κ1) is 14.9. The van der Waals surface area contributed by atoms with E-state index in [0.717, 1.165) is 36.6 Å². The van der Waals surface area contributed by atoms with Gasteiger partial charge in [0.25, 0.3) is 0 Å². The van der Waals surface area contributed by atoms with Crippen molar-refractivity contribution in [2.75, 3.05) is 11.1 Å². The molecule has 0 radical (unpaired) electrons. The summed E-state index contributed by atoms with van der Waals surface area (Å²) in [6.45, 7) is 0. The van der Waals surface area contributed by atoms with Gasteiger partial charge < -0.3 is 16.2 Å². The minimum absolute atomic E-state index is 0.000917. The van der Waals surface area contributed by atoms with Crippen molar-refractivity contribution in [1.29, 1.82) is 0 Å². The lowest BCUT2D eigenvalue weighted by molar-refractivity contribution is 0.116. The van der Waals surface area contributed by atoms with Crippen molar-refractivity contribution in [2.45, 2.75) is 37.8 Å². The van der Waals surface area contributed by atoms with E-state index in [1.807, 2.05) is 18.2 Å². The van der Waals surface area contributed by atoms with E-state index in [9.17, 15) is 5.11 Å². The number of hydrogen-bond acceptors (Lipinski definition) is 6. The molecule has 4 N–H and O–H groups in total. The normalized spacial score (nSPS) is 21.0. The Morgan fingerprint density at radius 2 is 2.08 bits per heavy atom. The number of nitrogens with one attached hydrogen (secondary N) is 1. The van der Waals surface area contributed by atoms with Crippen LogP contribution in [0.25, 0.3) is 16.7 Å². The molecule has 1 saturated carbocycles. The van der Waals surface area contributed by atoms with Crippen LogP contribution in [-0.2, 0) is 0 Å². The van der Waals surface area contributed by atoms with Crippen LogP contribution in [0.2, 0.25) is 0 Å². The van der Waals surface area contributed by atoms with Crippen molar-refractivity contribution in [3.8, 4) is 5.82 Å². The molecule has 24 heavy (non-hydrogen) atoms. The van der Waals surface area contributed by atoms with Crippen LogP contribution in [-0.4, -0.2) is 37.0 Å². The van der Waals surface area contributed by atoms with E-state index in [4.69, 9.17) is 5.73 Å². The summed E-state index contributed by atoms with van der Waals surface area (Å²) in [4.78, 5) is 8.83. The van der Waals surface area contributed by atoms with E-state index < -0.39 is 0 Å². The maximum atomic E-state index is 10.1. The second kappa shape index (κ2) is 6.09. The number of aliphatic hydroxyl groups is 1. The quantitative estimate of drug-likeness (QED) is 0.638. The lowest BCUT2D eigenvalue weighted by Crippen LogP contribution is -2.36. The SMILES string of the molecule is Nc1ccc2cnn(-c3ccnc(N[C@@H]4CCCC[C@H]4O)n3)c2c1. The van der Waals surface area contributed by atoms with E-state index in [0.29, 0.717) is 17.5 Å².